The Morgan fingerprint density at radius 2 is 1.75 bits per heavy atom. The van der Waals surface area contributed by atoms with Crippen molar-refractivity contribution < 1.29 is 9.59 Å². The molecule has 2 aliphatic heterocycles. The third-order valence-corrected chi connectivity index (χ3v) is 6.68. The molecule has 2 aliphatic rings. The molecule has 7 heteroatoms. The van der Waals surface area contributed by atoms with Crippen LogP contribution in [0.25, 0.3) is 0 Å². The van der Waals surface area contributed by atoms with Crippen LogP contribution in [-0.2, 0) is 22.6 Å². The van der Waals surface area contributed by atoms with Crippen molar-refractivity contribution in [3.63, 3.8) is 0 Å². The van der Waals surface area contributed by atoms with Crippen molar-refractivity contribution in [3.8, 4) is 0 Å². The molecular weight excluding hydrogens is 394 g/mol. The molecule has 0 aliphatic carbocycles. The Morgan fingerprint density at radius 3 is 2.50 bits per heavy atom. The van der Waals surface area contributed by atoms with Gasteiger partial charge in [-0.2, -0.15) is 0 Å². The summed E-state index contributed by atoms with van der Waals surface area (Å²) in [6.45, 7) is 2.64. The topological polar surface area (TPSA) is 66.6 Å². The van der Waals surface area contributed by atoms with Crippen molar-refractivity contribution in [3.05, 3.63) is 57.8 Å². The standard InChI is InChI=1S/C21H25N3O2S.ClH/c22-18-14-24(13-17(18)15-4-2-1-3-5-15)21(26)7-6-20(25)23-10-8-19-16(12-23)9-11-27-19;/h1-5,9,11,17-18H,6-8,10,12-14,22H2;1H/t17-,18+;/m0./s1. The summed E-state index contributed by atoms with van der Waals surface area (Å²) in [6.07, 6.45) is 1.46. The fourth-order valence-electron chi connectivity index (χ4n) is 4.08. The normalized spacial score (nSPS) is 21.2. The van der Waals surface area contributed by atoms with Gasteiger partial charge in [-0.1, -0.05) is 30.3 Å². The van der Waals surface area contributed by atoms with Gasteiger partial charge in [0.2, 0.25) is 11.8 Å². The molecule has 2 atom stereocenters. The first-order valence-electron chi connectivity index (χ1n) is 9.53. The van der Waals surface area contributed by atoms with Gasteiger partial charge >= 0.3 is 0 Å². The minimum atomic E-state index is -0.0499. The fourth-order valence-corrected chi connectivity index (χ4v) is 4.97. The number of carbonyl (C=O) groups is 2. The Morgan fingerprint density at radius 1 is 1.04 bits per heavy atom. The summed E-state index contributed by atoms with van der Waals surface area (Å²) < 4.78 is 0. The van der Waals surface area contributed by atoms with E-state index in [1.807, 2.05) is 28.0 Å². The van der Waals surface area contributed by atoms with Crippen LogP contribution in [0.4, 0.5) is 0 Å². The molecule has 1 aromatic heterocycles. The smallest absolute Gasteiger partial charge is 0.223 e. The fraction of sp³-hybridized carbons (Fsp3) is 0.429. The van der Waals surface area contributed by atoms with Crippen LogP contribution in [0.2, 0.25) is 0 Å². The minimum Gasteiger partial charge on any atom is -0.340 e. The molecule has 0 unspecified atom stereocenters. The van der Waals surface area contributed by atoms with Crippen molar-refractivity contribution in [1.82, 2.24) is 9.80 Å². The van der Waals surface area contributed by atoms with Crippen molar-refractivity contribution in [2.24, 2.45) is 5.73 Å². The maximum atomic E-state index is 12.6. The predicted octanol–water partition coefficient (Wildman–Crippen LogP) is 2.79. The van der Waals surface area contributed by atoms with Gasteiger partial charge in [0.15, 0.2) is 0 Å². The van der Waals surface area contributed by atoms with Crippen LogP contribution in [0.3, 0.4) is 0 Å². The van der Waals surface area contributed by atoms with Gasteiger partial charge in [-0.05, 0) is 29.0 Å². The number of carbonyl (C=O) groups excluding carboxylic acids is 2. The highest BCUT2D eigenvalue weighted by Crippen LogP contribution is 2.27. The van der Waals surface area contributed by atoms with Crippen molar-refractivity contribution in [2.75, 3.05) is 19.6 Å². The molecule has 2 aromatic rings. The number of hydrogen-bond donors (Lipinski definition) is 1. The number of likely N-dealkylation sites (tertiary alicyclic amines) is 1. The van der Waals surface area contributed by atoms with Crippen LogP contribution < -0.4 is 5.73 Å². The number of fused-ring (bicyclic) bond motifs is 1. The van der Waals surface area contributed by atoms with Crippen molar-refractivity contribution in [2.45, 2.75) is 37.8 Å². The zero-order valence-corrected chi connectivity index (χ0v) is 17.4. The Balaban J connectivity index is 0.00000225. The Kier molecular flexibility index (Phi) is 6.75. The van der Waals surface area contributed by atoms with Gasteiger partial charge in [-0.3, -0.25) is 9.59 Å². The van der Waals surface area contributed by atoms with Crippen molar-refractivity contribution >= 4 is 35.6 Å². The van der Waals surface area contributed by atoms with Gasteiger partial charge in [0.05, 0.1) is 0 Å². The van der Waals surface area contributed by atoms with Crippen LogP contribution in [0.5, 0.6) is 0 Å². The second-order valence-electron chi connectivity index (χ2n) is 7.41. The van der Waals surface area contributed by atoms with E-state index in [0.717, 1.165) is 13.0 Å². The Labute approximate surface area is 175 Å². The number of thiophene rings is 1. The number of nitrogens with zero attached hydrogens (tertiary/aromatic N) is 2. The van der Waals surface area contributed by atoms with Gasteiger partial charge in [-0.15, -0.1) is 23.7 Å². The molecule has 1 saturated heterocycles. The summed E-state index contributed by atoms with van der Waals surface area (Å²) in [7, 11) is 0. The molecule has 2 amide bonds. The summed E-state index contributed by atoms with van der Waals surface area (Å²) in [6, 6.07) is 12.2. The lowest BCUT2D eigenvalue weighted by molar-refractivity contribution is -0.137. The first kappa shape index (κ1) is 20.8. The monoisotopic (exact) mass is 419 g/mol. The van der Waals surface area contributed by atoms with Gasteiger partial charge < -0.3 is 15.5 Å². The van der Waals surface area contributed by atoms with Gasteiger partial charge in [0.1, 0.15) is 0 Å². The molecule has 0 spiro atoms. The van der Waals surface area contributed by atoms with E-state index in [4.69, 9.17) is 5.73 Å². The van der Waals surface area contributed by atoms with Crippen LogP contribution in [-0.4, -0.2) is 47.3 Å². The van der Waals surface area contributed by atoms with E-state index < -0.39 is 0 Å². The second-order valence-corrected chi connectivity index (χ2v) is 8.41. The van der Waals surface area contributed by atoms with E-state index >= 15 is 0 Å². The molecular formula is C21H26ClN3O2S. The van der Waals surface area contributed by atoms with Crippen LogP contribution in [0.15, 0.2) is 41.8 Å². The van der Waals surface area contributed by atoms with E-state index in [0.29, 0.717) is 19.6 Å². The number of halogens is 1. The molecule has 2 N–H and O–H groups in total. The summed E-state index contributed by atoms with van der Waals surface area (Å²) in [5, 5.41) is 2.09. The lowest BCUT2D eigenvalue weighted by Gasteiger charge is -2.27. The summed E-state index contributed by atoms with van der Waals surface area (Å²) in [5.41, 5.74) is 8.71. The maximum absolute atomic E-state index is 12.6. The van der Waals surface area contributed by atoms with Crippen molar-refractivity contribution in [1.29, 1.82) is 0 Å². The van der Waals surface area contributed by atoms with E-state index in [9.17, 15) is 9.59 Å². The number of nitrogens with two attached hydrogens (primary N) is 1. The zero-order valence-electron chi connectivity index (χ0n) is 15.8. The molecule has 1 fully saturated rings. The SMILES string of the molecule is Cl.N[C@@H]1CN(C(=O)CCC(=O)N2CCc3sccc3C2)C[C@H]1c1ccccc1. The van der Waals surface area contributed by atoms with Crippen LogP contribution in [0, 0.1) is 0 Å². The molecule has 1 aromatic carbocycles. The quantitative estimate of drug-likeness (QED) is 0.828. The lowest BCUT2D eigenvalue weighted by Crippen LogP contribution is -2.37. The highest BCUT2D eigenvalue weighted by molar-refractivity contribution is 7.10. The Hall–Kier alpha value is -1.89. The summed E-state index contributed by atoms with van der Waals surface area (Å²) >= 11 is 1.76. The molecule has 5 nitrogen and oxygen atoms in total. The van der Waals surface area contributed by atoms with Gasteiger partial charge in [0.25, 0.3) is 0 Å². The zero-order chi connectivity index (χ0) is 18.8. The number of hydrogen-bond acceptors (Lipinski definition) is 4. The molecule has 28 heavy (non-hydrogen) atoms. The molecule has 150 valence electrons. The van der Waals surface area contributed by atoms with Gasteiger partial charge in [-0.25, -0.2) is 0 Å². The highest BCUT2D eigenvalue weighted by Gasteiger charge is 2.34. The van der Waals surface area contributed by atoms with Gasteiger partial charge in [0, 0.05) is 55.9 Å². The highest BCUT2D eigenvalue weighted by atomic mass is 35.5. The summed E-state index contributed by atoms with van der Waals surface area (Å²) in [5.74, 6) is 0.277. The predicted molar refractivity (Wildman–Crippen MR) is 114 cm³/mol. The largest absolute Gasteiger partial charge is 0.340 e. The average Bonchev–Trinajstić information content (AvgIpc) is 3.32. The van der Waals surface area contributed by atoms with Crippen LogP contribution >= 0.6 is 23.7 Å². The first-order valence-corrected chi connectivity index (χ1v) is 10.4. The van der Waals surface area contributed by atoms with E-state index in [-0.39, 0.29) is 49.0 Å². The van der Waals surface area contributed by atoms with E-state index in [1.54, 1.807) is 11.3 Å². The average molecular weight is 420 g/mol. The number of amides is 2. The third-order valence-electron chi connectivity index (χ3n) is 5.66. The minimum absolute atomic E-state index is 0. The molecule has 4 rings (SSSR count). The first-order chi connectivity index (χ1) is 13.1. The number of rotatable bonds is 4. The molecule has 0 bridgehead atoms. The summed E-state index contributed by atoms with van der Waals surface area (Å²) in [4.78, 5) is 30.2. The maximum Gasteiger partial charge on any atom is 0.223 e. The third kappa shape index (κ3) is 4.40. The molecule has 0 saturated carbocycles. The number of benzene rings is 1. The lowest BCUT2D eigenvalue weighted by atomic mass is 9.95. The molecule has 0 radical (unpaired) electrons. The Bertz CT molecular complexity index is 826. The van der Waals surface area contributed by atoms with E-state index in [1.165, 1.54) is 16.0 Å². The molecule has 3 heterocycles. The van der Waals surface area contributed by atoms with E-state index in [2.05, 4.69) is 23.6 Å². The van der Waals surface area contributed by atoms with Crippen LogP contribution in [0.1, 0.15) is 34.8 Å². The second kappa shape index (κ2) is 9.07.